The summed E-state index contributed by atoms with van der Waals surface area (Å²) in [4.78, 5) is 26.0. The minimum Gasteiger partial charge on any atom is -0.465 e. The number of ether oxygens (including phenoxy) is 2. The summed E-state index contributed by atoms with van der Waals surface area (Å²) in [7, 11) is -4.04. The summed E-state index contributed by atoms with van der Waals surface area (Å²) < 4.78 is 37.2. The van der Waals surface area contributed by atoms with E-state index in [2.05, 4.69) is 0 Å². The third-order valence-corrected chi connectivity index (χ3v) is 7.49. The van der Waals surface area contributed by atoms with E-state index in [1.165, 1.54) is 12.1 Å². The van der Waals surface area contributed by atoms with Crippen LogP contribution >= 0.6 is 11.6 Å². The molecule has 0 heterocycles. The van der Waals surface area contributed by atoms with Crippen molar-refractivity contribution in [3.05, 3.63) is 65.2 Å². The lowest BCUT2D eigenvalue weighted by molar-refractivity contribution is -0.164. The molecular formula is C21H21ClO6S. The topological polar surface area (TPSA) is 86.7 Å². The van der Waals surface area contributed by atoms with Crippen LogP contribution in [-0.2, 0) is 28.9 Å². The second-order valence-electron chi connectivity index (χ2n) is 6.62. The molecule has 6 nitrogen and oxygen atoms in total. The molecule has 0 radical (unpaired) electrons. The van der Waals surface area contributed by atoms with Crippen LogP contribution in [0, 0.1) is 5.41 Å². The second-order valence-corrected chi connectivity index (χ2v) is 9.12. The molecule has 1 aliphatic carbocycles. The summed E-state index contributed by atoms with van der Waals surface area (Å²) in [6.07, 6.45) is 0. The summed E-state index contributed by atoms with van der Waals surface area (Å²) in [5.41, 5.74) is -1.46. The van der Waals surface area contributed by atoms with Crippen LogP contribution in [0.25, 0.3) is 0 Å². The number of hydrogen-bond acceptors (Lipinski definition) is 6. The van der Waals surface area contributed by atoms with E-state index in [-0.39, 0.29) is 18.1 Å². The van der Waals surface area contributed by atoms with Gasteiger partial charge in [0, 0.05) is 10.9 Å². The van der Waals surface area contributed by atoms with Gasteiger partial charge >= 0.3 is 11.9 Å². The zero-order valence-electron chi connectivity index (χ0n) is 16.0. The lowest BCUT2D eigenvalue weighted by Gasteiger charge is -2.15. The minimum atomic E-state index is -4.04. The van der Waals surface area contributed by atoms with Crippen molar-refractivity contribution in [3.8, 4) is 0 Å². The molecule has 0 amide bonds. The van der Waals surface area contributed by atoms with E-state index in [0.29, 0.717) is 10.6 Å². The normalized spacial score (nSPS) is 20.0. The number of benzene rings is 2. The van der Waals surface area contributed by atoms with Gasteiger partial charge in [0.15, 0.2) is 15.3 Å². The van der Waals surface area contributed by atoms with Crippen molar-refractivity contribution in [2.45, 2.75) is 29.9 Å². The molecule has 0 bridgehead atoms. The van der Waals surface area contributed by atoms with Crippen LogP contribution in [0.15, 0.2) is 59.5 Å². The van der Waals surface area contributed by atoms with Gasteiger partial charge in [0.05, 0.1) is 18.1 Å². The molecule has 8 heteroatoms. The summed E-state index contributed by atoms with van der Waals surface area (Å²) in [5.74, 6) is -2.74. The van der Waals surface area contributed by atoms with Gasteiger partial charge in [-0.1, -0.05) is 41.9 Å². The van der Waals surface area contributed by atoms with Gasteiger partial charge in [0.1, 0.15) is 5.25 Å². The van der Waals surface area contributed by atoms with E-state index < -0.39 is 38.4 Å². The molecule has 29 heavy (non-hydrogen) atoms. The average Bonchev–Trinajstić information content (AvgIpc) is 3.42. The molecule has 1 saturated carbocycles. The highest BCUT2D eigenvalue weighted by Gasteiger charge is 2.81. The molecule has 0 aromatic heterocycles. The molecule has 0 N–H and O–H groups in total. The smallest absolute Gasteiger partial charge is 0.325 e. The highest BCUT2D eigenvalue weighted by molar-refractivity contribution is 7.92. The Labute approximate surface area is 174 Å². The highest BCUT2D eigenvalue weighted by Crippen LogP contribution is 2.65. The highest BCUT2D eigenvalue weighted by atomic mass is 35.5. The average molecular weight is 437 g/mol. The molecule has 1 fully saturated rings. The molecule has 0 spiro atoms. The first-order valence-corrected chi connectivity index (χ1v) is 11.1. The van der Waals surface area contributed by atoms with E-state index in [1.54, 1.807) is 56.3 Å². The van der Waals surface area contributed by atoms with E-state index in [9.17, 15) is 18.0 Å². The minimum absolute atomic E-state index is 0.00539. The number of carbonyl (C=O) groups excluding carboxylic acids is 2. The summed E-state index contributed by atoms with van der Waals surface area (Å²) >= 11 is 5.95. The van der Waals surface area contributed by atoms with E-state index in [4.69, 9.17) is 21.1 Å². The zero-order valence-corrected chi connectivity index (χ0v) is 17.6. The Morgan fingerprint density at radius 2 is 1.45 bits per heavy atom. The van der Waals surface area contributed by atoms with Crippen LogP contribution in [0.1, 0.15) is 25.3 Å². The number of hydrogen-bond donors (Lipinski definition) is 0. The Bertz CT molecular complexity index is 983. The molecule has 0 saturated heterocycles. The molecule has 2 atom stereocenters. The fourth-order valence-electron chi connectivity index (χ4n) is 3.72. The predicted octanol–water partition coefficient (Wildman–Crippen LogP) is 3.39. The summed E-state index contributed by atoms with van der Waals surface area (Å²) in [6, 6.07) is 14.1. The SMILES string of the molecule is CCOC(=O)C1(C(=O)OCC)C(c2ccc(Cl)cc2)C1S(=O)(=O)c1ccccc1. The van der Waals surface area contributed by atoms with Gasteiger partial charge < -0.3 is 9.47 Å². The molecule has 1 aliphatic rings. The summed E-state index contributed by atoms with van der Waals surface area (Å²) in [6.45, 7) is 3.20. The Morgan fingerprint density at radius 3 is 1.93 bits per heavy atom. The van der Waals surface area contributed by atoms with Crippen molar-refractivity contribution in [1.29, 1.82) is 0 Å². The number of carbonyl (C=O) groups is 2. The van der Waals surface area contributed by atoms with E-state index >= 15 is 0 Å². The van der Waals surface area contributed by atoms with Gasteiger partial charge in [-0.2, -0.15) is 0 Å². The van der Waals surface area contributed by atoms with Crippen molar-refractivity contribution in [2.24, 2.45) is 5.41 Å². The van der Waals surface area contributed by atoms with Crippen LogP contribution in [0.2, 0.25) is 5.02 Å². The molecule has 0 aliphatic heterocycles. The lowest BCUT2D eigenvalue weighted by atomic mass is 9.99. The third-order valence-electron chi connectivity index (χ3n) is 4.99. The first-order chi connectivity index (χ1) is 13.8. The zero-order chi connectivity index (χ0) is 21.2. The van der Waals surface area contributed by atoms with Gasteiger partial charge in [0.25, 0.3) is 0 Å². The quantitative estimate of drug-likeness (QED) is 0.488. The Morgan fingerprint density at radius 1 is 0.931 bits per heavy atom. The largest absolute Gasteiger partial charge is 0.465 e. The van der Waals surface area contributed by atoms with Crippen molar-refractivity contribution in [2.75, 3.05) is 13.2 Å². The Kier molecular flexibility index (Phi) is 6.00. The Hall–Kier alpha value is -2.38. The summed E-state index contributed by atoms with van der Waals surface area (Å²) in [5, 5.41) is -0.883. The first kappa shape index (κ1) is 21.3. The van der Waals surface area contributed by atoms with Gasteiger partial charge in [-0.15, -0.1) is 0 Å². The first-order valence-electron chi connectivity index (χ1n) is 9.20. The predicted molar refractivity (Wildman–Crippen MR) is 107 cm³/mol. The molecule has 2 aromatic carbocycles. The van der Waals surface area contributed by atoms with Crippen molar-refractivity contribution < 1.29 is 27.5 Å². The molecule has 3 rings (SSSR count). The third kappa shape index (κ3) is 3.53. The van der Waals surface area contributed by atoms with E-state index in [0.717, 1.165) is 0 Å². The number of halogens is 1. The number of rotatable bonds is 7. The van der Waals surface area contributed by atoms with Crippen molar-refractivity contribution >= 4 is 33.4 Å². The maximum Gasteiger partial charge on any atom is 0.325 e. The van der Waals surface area contributed by atoms with Gasteiger partial charge in [-0.05, 0) is 43.7 Å². The second kappa shape index (κ2) is 8.16. The number of sulfone groups is 1. The van der Waals surface area contributed by atoms with Crippen LogP contribution in [0.3, 0.4) is 0 Å². The van der Waals surface area contributed by atoms with Gasteiger partial charge in [-0.3, -0.25) is 9.59 Å². The van der Waals surface area contributed by atoms with Crippen LogP contribution in [0.4, 0.5) is 0 Å². The van der Waals surface area contributed by atoms with Crippen LogP contribution in [0.5, 0.6) is 0 Å². The molecule has 2 aromatic rings. The van der Waals surface area contributed by atoms with E-state index in [1.807, 2.05) is 0 Å². The van der Waals surface area contributed by atoms with Crippen molar-refractivity contribution in [1.82, 2.24) is 0 Å². The number of esters is 2. The fraction of sp³-hybridized carbons (Fsp3) is 0.333. The molecule has 2 unspecified atom stereocenters. The maximum absolute atomic E-state index is 13.4. The molecule has 154 valence electrons. The monoisotopic (exact) mass is 436 g/mol. The molecular weight excluding hydrogens is 416 g/mol. The van der Waals surface area contributed by atoms with Crippen LogP contribution in [-0.4, -0.2) is 38.8 Å². The van der Waals surface area contributed by atoms with Gasteiger partial charge in [0.2, 0.25) is 0 Å². The fourth-order valence-corrected chi connectivity index (χ4v) is 6.15. The maximum atomic E-state index is 13.4. The van der Waals surface area contributed by atoms with Crippen LogP contribution < -0.4 is 0 Å². The Balaban J connectivity index is 2.19. The standard InChI is InChI=1S/C21H21ClO6S/c1-3-27-19(23)21(20(24)28-4-2)17(14-10-12-15(22)13-11-14)18(21)29(25,26)16-8-6-5-7-9-16/h5-13,17-18H,3-4H2,1-2H3. The van der Waals surface area contributed by atoms with Gasteiger partial charge in [-0.25, -0.2) is 8.42 Å². The van der Waals surface area contributed by atoms with Crippen molar-refractivity contribution in [3.63, 3.8) is 0 Å². The lowest BCUT2D eigenvalue weighted by Crippen LogP contribution is -2.35.